The Morgan fingerprint density at radius 2 is 1.89 bits per heavy atom. The first-order valence-corrected chi connectivity index (χ1v) is 10.9. The fourth-order valence-electron chi connectivity index (χ4n) is 2.23. The summed E-state index contributed by atoms with van der Waals surface area (Å²) in [7, 11) is -3.88. The van der Waals surface area contributed by atoms with Gasteiger partial charge in [-0.3, -0.25) is 4.79 Å². The Kier molecular flexibility index (Phi) is 7.00. The average molecular weight is 409 g/mol. The van der Waals surface area contributed by atoms with Gasteiger partial charge in [0.1, 0.15) is 0 Å². The van der Waals surface area contributed by atoms with Gasteiger partial charge >= 0.3 is 5.97 Å². The van der Waals surface area contributed by atoms with Crippen LogP contribution in [0.1, 0.15) is 22.8 Å². The maximum Gasteiger partial charge on any atom is 0.338 e. The normalized spacial score (nSPS) is 12.3. The maximum absolute atomic E-state index is 12.2. The van der Waals surface area contributed by atoms with E-state index in [4.69, 9.17) is 9.88 Å². The number of nitrogens with two attached hydrogens (primary N) is 1. The minimum atomic E-state index is -3.88. The second-order valence-electron chi connectivity index (χ2n) is 5.74. The molecular formula is C18H20N2O5S2. The molecule has 0 saturated heterocycles. The maximum atomic E-state index is 12.2. The molecule has 1 amide bonds. The van der Waals surface area contributed by atoms with Gasteiger partial charge < -0.3 is 10.1 Å². The molecule has 2 aromatic carbocycles. The van der Waals surface area contributed by atoms with Gasteiger partial charge in [-0.2, -0.15) is 11.8 Å². The monoisotopic (exact) mass is 408 g/mol. The summed E-state index contributed by atoms with van der Waals surface area (Å²) >= 11 is 1.63. The number of carbonyl (C=O) groups excluding carboxylic acids is 2. The van der Waals surface area contributed by atoms with E-state index in [-0.39, 0.29) is 10.6 Å². The number of nitrogens with one attached hydrogen (secondary N) is 1. The van der Waals surface area contributed by atoms with Crippen LogP contribution >= 0.6 is 11.8 Å². The van der Waals surface area contributed by atoms with Gasteiger partial charge in [-0.15, -0.1) is 0 Å². The Morgan fingerprint density at radius 1 is 1.19 bits per heavy atom. The van der Waals surface area contributed by atoms with Crippen LogP contribution in [-0.2, 0) is 25.3 Å². The standard InChI is InChI=1S/C18H20N2O5S2/c1-12(25-18(22)14-6-3-5-13(9-14)11-26-2)17(21)20-15-7-4-8-16(10-15)27(19,23)24/h3-10,12H,11H2,1-2H3,(H,20,21)(H2,19,23,24)/t12-/m1/s1. The number of thioether (sulfide) groups is 1. The van der Waals surface area contributed by atoms with Gasteiger partial charge in [0.05, 0.1) is 10.5 Å². The van der Waals surface area contributed by atoms with Crippen LogP contribution in [0.25, 0.3) is 0 Å². The van der Waals surface area contributed by atoms with Crippen LogP contribution in [0.3, 0.4) is 0 Å². The predicted molar refractivity (Wildman–Crippen MR) is 105 cm³/mol. The first kappa shape index (κ1) is 20.9. The third-order valence-corrected chi connectivity index (χ3v) is 5.09. The van der Waals surface area contributed by atoms with Gasteiger partial charge in [-0.1, -0.05) is 18.2 Å². The van der Waals surface area contributed by atoms with Crippen molar-refractivity contribution in [3.05, 3.63) is 59.7 Å². The van der Waals surface area contributed by atoms with Crippen LogP contribution in [-0.4, -0.2) is 32.7 Å². The highest BCUT2D eigenvalue weighted by Crippen LogP contribution is 2.16. The fraction of sp³-hybridized carbons (Fsp3) is 0.222. The van der Waals surface area contributed by atoms with E-state index < -0.39 is 28.0 Å². The molecule has 0 aliphatic rings. The van der Waals surface area contributed by atoms with E-state index in [9.17, 15) is 18.0 Å². The fourth-order valence-corrected chi connectivity index (χ4v) is 3.30. The lowest BCUT2D eigenvalue weighted by Crippen LogP contribution is -2.30. The second kappa shape index (κ2) is 9.03. The van der Waals surface area contributed by atoms with Gasteiger partial charge in [0.25, 0.3) is 5.91 Å². The molecule has 9 heteroatoms. The molecule has 0 saturated carbocycles. The van der Waals surface area contributed by atoms with Gasteiger partial charge in [-0.25, -0.2) is 18.4 Å². The molecule has 7 nitrogen and oxygen atoms in total. The highest BCUT2D eigenvalue weighted by atomic mass is 32.2. The minimum absolute atomic E-state index is 0.129. The van der Waals surface area contributed by atoms with Crippen molar-refractivity contribution in [3.63, 3.8) is 0 Å². The Balaban J connectivity index is 2.03. The summed E-state index contributed by atoms with van der Waals surface area (Å²) in [6.45, 7) is 1.43. The molecule has 0 aliphatic carbocycles. The first-order valence-electron chi connectivity index (χ1n) is 7.93. The van der Waals surface area contributed by atoms with E-state index in [0.717, 1.165) is 11.3 Å². The van der Waals surface area contributed by atoms with Crippen LogP contribution in [0.4, 0.5) is 5.69 Å². The number of sulfonamides is 1. The Hall–Kier alpha value is -2.36. The van der Waals surface area contributed by atoms with E-state index in [1.54, 1.807) is 30.0 Å². The predicted octanol–water partition coefficient (Wildman–Crippen LogP) is 2.38. The van der Waals surface area contributed by atoms with E-state index >= 15 is 0 Å². The lowest BCUT2D eigenvalue weighted by Gasteiger charge is -2.14. The number of carbonyl (C=O) groups is 2. The Morgan fingerprint density at radius 3 is 2.56 bits per heavy atom. The molecule has 144 valence electrons. The number of primary sulfonamides is 1. The molecule has 1 atom stereocenters. The number of amides is 1. The third kappa shape index (κ3) is 6.09. The molecular weight excluding hydrogens is 388 g/mol. The number of esters is 1. The zero-order chi connectivity index (χ0) is 20.0. The van der Waals surface area contributed by atoms with Crippen molar-refractivity contribution in [2.75, 3.05) is 11.6 Å². The number of ether oxygens (including phenoxy) is 1. The SMILES string of the molecule is CSCc1cccc(C(=O)O[C@H](C)C(=O)Nc2cccc(S(N)(=O)=O)c2)c1. The van der Waals surface area contributed by atoms with Crippen molar-refractivity contribution >= 4 is 39.3 Å². The van der Waals surface area contributed by atoms with Crippen molar-refractivity contribution < 1.29 is 22.7 Å². The van der Waals surface area contributed by atoms with Crippen LogP contribution in [0.2, 0.25) is 0 Å². The number of benzene rings is 2. The van der Waals surface area contributed by atoms with Gasteiger partial charge in [0.2, 0.25) is 10.0 Å². The topological polar surface area (TPSA) is 116 Å². The van der Waals surface area contributed by atoms with E-state index in [2.05, 4.69) is 5.32 Å². The molecule has 0 unspecified atom stereocenters. The van der Waals surface area contributed by atoms with Crippen LogP contribution < -0.4 is 10.5 Å². The molecule has 0 aliphatic heterocycles. The van der Waals surface area contributed by atoms with Crippen LogP contribution in [0.5, 0.6) is 0 Å². The third-order valence-electron chi connectivity index (χ3n) is 3.56. The van der Waals surface area contributed by atoms with Crippen LogP contribution in [0.15, 0.2) is 53.4 Å². The minimum Gasteiger partial charge on any atom is -0.449 e. The van der Waals surface area contributed by atoms with Crippen molar-refractivity contribution in [2.45, 2.75) is 23.7 Å². The molecule has 0 spiro atoms. The number of anilines is 1. The summed E-state index contributed by atoms with van der Waals surface area (Å²) in [5, 5.41) is 7.57. The van der Waals surface area contributed by atoms with Crippen LogP contribution in [0, 0.1) is 0 Å². The zero-order valence-electron chi connectivity index (χ0n) is 14.8. The van der Waals surface area contributed by atoms with Crippen molar-refractivity contribution in [1.29, 1.82) is 0 Å². The van der Waals surface area contributed by atoms with Gasteiger partial charge in [-0.05, 0) is 49.1 Å². The van der Waals surface area contributed by atoms with Crippen molar-refractivity contribution in [2.24, 2.45) is 5.14 Å². The first-order chi connectivity index (χ1) is 12.7. The molecule has 2 aromatic rings. The molecule has 0 heterocycles. The Bertz CT molecular complexity index is 944. The summed E-state index contributed by atoms with van der Waals surface area (Å²) in [6.07, 6.45) is 0.891. The van der Waals surface area contributed by atoms with E-state index in [1.165, 1.54) is 31.2 Å². The summed E-state index contributed by atoms with van der Waals surface area (Å²) in [5.41, 5.74) is 1.57. The summed E-state index contributed by atoms with van der Waals surface area (Å²) in [5.74, 6) is -0.438. The summed E-state index contributed by atoms with van der Waals surface area (Å²) < 4.78 is 28.0. The Labute approximate surface area is 162 Å². The molecule has 27 heavy (non-hydrogen) atoms. The van der Waals surface area contributed by atoms with Gasteiger partial charge in [0.15, 0.2) is 6.10 Å². The second-order valence-corrected chi connectivity index (χ2v) is 8.17. The summed E-state index contributed by atoms with van der Waals surface area (Å²) in [4.78, 5) is 24.4. The number of rotatable bonds is 7. The lowest BCUT2D eigenvalue weighted by atomic mass is 10.1. The summed E-state index contributed by atoms with van der Waals surface area (Å²) in [6, 6.07) is 12.5. The largest absolute Gasteiger partial charge is 0.449 e. The molecule has 2 rings (SSSR count). The average Bonchev–Trinajstić information content (AvgIpc) is 2.61. The molecule has 0 aromatic heterocycles. The highest BCUT2D eigenvalue weighted by molar-refractivity contribution is 7.97. The van der Waals surface area contributed by atoms with Crippen molar-refractivity contribution in [3.8, 4) is 0 Å². The molecule has 0 bridgehead atoms. The van der Waals surface area contributed by atoms with E-state index in [1.807, 2.05) is 12.3 Å². The number of hydrogen-bond acceptors (Lipinski definition) is 6. The smallest absolute Gasteiger partial charge is 0.338 e. The zero-order valence-corrected chi connectivity index (χ0v) is 16.5. The number of hydrogen-bond donors (Lipinski definition) is 2. The quantitative estimate of drug-likeness (QED) is 0.680. The molecule has 3 N–H and O–H groups in total. The van der Waals surface area contributed by atoms with E-state index in [0.29, 0.717) is 5.56 Å². The molecule has 0 fully saturated rings. The van der Waals surface area contributed by atoms with Gasteiger partial charge in [0, 0.05) is 11.4 Å². The molecule has 0 radical (unpaired) electrons. The van der Waals surface area contributed by atoms with Crippen molar-refractivity contribution in [1.82, 2.24) is 0 Å². The highest BCUT2D eigenvalue weighted by Gasteiger charge is 2.20. The lowest BCUT2D eigenvalue weighted by molar-refractivity contribution is -0.123.